The Morgan fingerprint density at radius 1 is 1.29 bits per heavy atom. The molecule has 2 amide bonds. The second kappa shape index (κ2) is 8.32. The van der Waals surface area contributed by atoms with E-state index in [2.05, 4.69) is 35.2 Å². The molecule has 0 unspecified atom stereocenters. The predicted molar refractivity (Wildman–Crippen MR) is 99.4 cm³/mol. The van der Waals surface area contributed by atoms with Gasteiger partial charge in [-0.25, -0.2) is 4.79 Å². The molecule has 0 aromatic carbocycles. The van der Waals surface area contributed by atoms with Gasteiger partial charge in [0.2, 0.25) is 0 Å². The average molecular weight is 351 g/mol. The Bertz CT molecular complexity index is 513. The maximum atomic E-state index is 12.3. The molecule has 0 radical (unpaired) electrons. The first-order valence-electron chi connectivity index (χ1n) is 9.09. The molecule has 24 heavy (non-hydrogen) atoms. The normalized spacial score (nSPS) is 24.2. The Hall–Kier alpha value is -1.11. The fourth-order valence-electron chi connectivity index (χ4n) is 3.79. The number of carbonyl (C=O) groups is 1. The third-order valence-corrected chi connectivity index (χ3v) is 6.23. The molecule has 1 N–H and O–H groups in total. The Kier molecular flexibility index (Phi) is 6.14. The van der Waals surface area contributed by atoms with Gasteiger partial charge in [0.05, 0.1) is 6.54 Å². The van der Waals surface area contributed by atoms with Crippen LogP contribution in [0.25, 0.3) is 0 Å². The molecule has 0 spiro atoms. The molecule has 134 valence electrons. The summed E-state index contributed by atoms with van der Waals surface area (Å²) < 4.78 is 0. The summed E-state index contributed by atoms with van der Waals surface area (Å²) in [6, 6.07) is 4.83. The summed E-state index contributed by atoms with van der Waals surface area (Å²) in [5.74, 6) is 0.734. The van der Waals surface area contributed by atoms with Crippen LogP contribution in [0.1, 0.15) is 24.6 Å². The number of hydrogen-bond donors (Lipinski definition) is 1. The summed E-state index contributed by atoms with van der Waals surface area (Å²) in [7, 11) is 2.21. The van der Waals surface area contributed by atoms with Gasteiger partial charge < -0.3 is 15.1 Å². The van der Waals surface area contributed by atoms with Crippen LogP contribution in [-0.4, -0.2) is 73.1 Å². The van der Waals surface area contributed by atoms with Crippen molar-refractivity contribution in [2.75, 3.05) is 46.3 Å². The van der Waals surface area contributed by atoms with Crippen LogP contribution in [0, 0.1) is 5.92 Å². The molecule has 2 aliphatic heterocycles. The third kappa shape index (κ3) is 4.71. The van der Waals surface area contributed by atoms with E-state index in [0.717, 1.165) is 31.8 Å². The monoisotopic (exact) mass is 350 g/mol. The lowest BCUT2D eigenvalue weighted by Gasteiger charge is -2.41. The van der Waals surface area contributed by atoms with Gasteiger partial charge >= 0.3 is 6.03 Å². The van der Waals surface area contributed by atoms with Crippen molar-refractivity contribution < 1.29 is 4.79 Å². The van der Waals surface area contributed by atoms with Gasteiger partial charge in [0.1, 0.15) is 0 Å². The Morgan fingerprint density at radius 2 is 2.08 bits per heavy atom. The van der Waals surface area contributed by atoms with Crippen LogP contribution >= 0.6 is 11.3 Å². The van der Waals surface area contributed by atoms with Gasteiger partial charge in [0.25, 0.3) is 0 Å². The first-order chi connectivity index (χ1) is 11.6. The van der Waals surface area contributed by atoms with Crippen LogP contribution in [0.15, 0.2) is 17.5 Å². The molecule has 0 bridgehead atoms. The van der Waals surface area contributed by atoms with Crippen LogP contribution in [0.2, 0.25) is 0 Å². The Morgan fingerprint density at radius 3 is 2.75 bits per heavy atom. The third-order valence-electron chi connectivity index (χ3n) is 5.36. The smallest absolute Gasteiger partial charge is 0.317 e. The van der Waals surface area contributed by atoms with E-state index in [9.17, 15) is 4.79 Å². The minimum Gasteiger partial charge on any atom is -0.333 e. The van der Waals surface area contributed by atoms with E-state index >= 15 is 0 Å². The first-order valence-corrected chi connectivity index (χ1v) is 9.97. The van der Waals surface area contributed by atoms with Gasteiger partial charge in [0.15, 0.2) is 0 Å². The van der Waals surface area contributed by atoms with Gasteiger partial charge in [-0.2, -0.15) is 0 Å². The highest BCUT2D eigenvalue weighted by Crippen LogP contribution is 2.21. The summed E-state index contributed by atoms with van der Waals surface area (Å²) in [6.45, 7) is 9.49. The number of nitrogens with one attached hydrogen (secondary N) is 1. The molecule has 3 heterocycles. The van der Waals surface area contributed by atoms with Crippen molar-refractivity contribution in [1.82, 2.24) is 20.0 Å². The maximum Gasteiger partial charge on any atom is 0.317 e. The van der Waals surface area contributed by atoms with E-state index in [1.165, 1.54) is 31.1 Å². The lowest BCUT2D eigenvalue weighted by atomic mass is 9.95. The maximum absolute atomic E-state index is 12.3. The molecule has 2 aliphatic rings. The number of likely N-dealkylation sites (N-methyl/N-ethyl adjacent to an activating group) is 1. The first kappa shape index (κ1) is 17.7. The Labute approximate surface area is 149 Å². The fraction of sp³-hybridized carbons (Fsp3) is 0.722. The molecule has 1 aromatic rings. The number of carbonyl (C=O) groups excluding carboxylic acids is 1. The van der Waals surface area contributed by atoms with Crippen LogP contribution in [-0.2, 0) is 6.54 Å². The lowest BCUT2D eigenvalue weighted by Crippen LogP contribution is -2.53. The molecule has 3 rings (SSSR count). The summed E-state index contributed by atoms with van der Waals surface area (Å²) >= 11 is 1.69. The molecule has 0 saturated carbocycles. The Balaban J connectivity index is 1.38. The van der Waals surface area contributed by atoms with E-state index in [1.807, 2.05) is 16.3 Å². The molecular formula is C18H30N4OS. The van der Waals surface area contributed by atoms with Gasteiger partial charge in [-0.1, -0.05) is 6.07 Å². The van der Waals surface area contributed by atoms with Gasteiger partial charge in [-0.3, -0.25) is 4.90 Å². The SMILES string of the molecule is C[C@@H]1CN(C)CCN1CC1CCN(C(=O)NCc2cccs2)CC1. The number of piperidine rings is 1. The number of piperazine rings is 1. The van der Waals surface area contributed by atoms with E-state index in [0.29, 0.717) is 12.6 Å². The summed E-state index contributed by atoms with van der Waals surface area (Å²) in [5, 5.41) is 5.09. The number of hydrogen-bond acceptors (Lipinski definition) is 4. The highest BCUT2D eigenvalue weighted by atomic mass is 32.1. The highest BCUT2D eigenvalue weighted by Gasteiger charge is 2.27. The van der Waals surface area contributed by atoms with Crippen LogP contribution in [0.5, 0.6) is 0 Å². The number of rotatable bonds is 4. The van der Waals surface area contributed by atoms with E-state index in [1.54, 1.807) is 11.3 Å². The van der Waals surface area contributed by atoms with Crippen LogP contribution in [0.3, 0.4) is 0 Å². The lowest BCUT2D eigenvalue weighted by molar-refractivity contribution is 0.0712. The van der Waals surface area contributed by atoms with Crippen molar-refractivity contribution in [2.24, 2.45) is 5.92 Å². The van der Waals surface area contributed by atoms with Crippen molar-refractivity contribution in [3.05, 3.63) is 22.4 Å². The van der Waals surface area contributed by atoms with E-state index in [4.69, 9.17) is 0 Å². The molecule has 5 nitrogen and oxygen atoms in total. The number of likely N-dealkylation sites (tertiary alicyclic amines) is 1. The number of amides is 2. The van der Waals surface area contributed by atoms with Gasteiger partial charge in [-0.05, 0) is 44.2 Å². The quantitative estimate of drug-likeness (QED) is 0.906. The number of urea groups is 1. The van der Waals surface area contributed by atoms with Crippen molar-refractivity contribution in [3.63, 3.8) is 0 Å². The van der Waals surface area contributed by atoms with Crippen molar-refractivity contribution in [1.29, 1.82) is 0 Å². The van der Waals surface area contributed by atoms with Crippen LogP contribution < -0.4 is 5.32 Å². The fourth-order valence-corrected chi connectivity index (χ4v) is 4.43. The second-order valence-electron chi connectivity index (χ2n) is 7.27. The predicted octanol–water partition coefficient (Wildman–Crippen LogP) is 2.31. The molecule has 2 fully saturated rings. The second-order valence-corrected chi connectivity index (χ2v) is 8.31. The zero-order valence-electron chi connectivity index (χ0n) is 14.9. The van der Waals surface area contributed by atoms with Gasteiger partial charge in [-0.15, -0.1) is 11.3 Å². The highest BCUT2D eigenvalue weighted by molar-refractivity contribution is 7.09. The summed E-state index contributed by atoms with van der Waals surface area (Å²) in [5.41, 5.74) is 0. The minimum absolute atomic E-state index is 0.0924. The molecule has 2 saturated heterocycles. The number of nitrogens with zero attached hydrogens (tertiary/aromatic N) is 3. The average Bonchev–Trinajstić information content (AvgIpc) is 3.09. The topological polar surface area (TPSA) is 38.8 Å². The van der Waals surface area contributed by atoms with Crippen molar-refractivity contribution in [3.8, 4) is 0 Å². The van der Waals surface area contributed by atoms with E-state index < -0.39 is 0 Å². The standard InChI is InChI=1S/C18H30N4OS/c1-15-13-20(2)9-10-22(15)14-16-5-7-21(8-6-16)18(23)19-12-17-4-3-11-24-17/h3-4,11,15-16H,5-10,12-14H2,1-2H3,(H,19,23)/t15-/m1/s1. The largest absolute Gasteiger partial charge is 0.333 e. The van der Waals surface area contributed by atoms with Crippen LogP contribution in [0.4, 0.5) is 4.79 Å². The van der Waals surface area contributed by atoms with Crippen molar-refractivity contribution in [2.45, 2.75) is 32.4 Å². The molecule has 6 heteroatoms. The zero-order valence-corrected chi connectivity index (χ0v) is 15.7. The minimum atomic E-state index is 0.0924. The summed E-state index contributed by atoms with van der Waals surface area (Å²) in [6.07, 6.45) is 2.26. The van der Waals surface area contributed by atoms with E-state index in [-0.39, 0.29) is 6.03 Å². The molecule has 0 aliphatic carbocycles. The zero-order chi connectivity index (χ0) is 16.9. The molecule has 1 atom stereocenters. The van der Waals surface area contributed by atoms with Crippen molar-refractivity contribution >= 4 is 17.4 Å². The van der Waals surface area contributed by atoms with Gasteiger partial charge in [0, 0.05) is 50.2 Å². The molecular weight excluding hydrogens is 320 g/mol. The summed E-state index contributed by atoms with van der Waals surface area (Å²) in [4.78, 5) is 20.5. The molecule has 1 aromatic heterocycles. The number of thiophene rings is 1.